The Balaban J connectivity index is 1.73. The third kappa shape index (κ3) is 3.16. The van der Waals surface area contributed by atoms with E-state index in [9.17, 15) is 9.59 Å². The fourth-order valence-electron chi connectivity index (χ4n) is 3.51. The van der Waals surface area contributed by atoms with E-state index in [4.69, 9.17) is 14.2 Å². The van der Waals surface area contributed by atoms with Crippen molar-refractivity contribution in [3.8, 4) is 0 Å². The van der Waals surface area contributed by atoms with E-state index in [1.165, 1.54) is 7.11 Å². The standard InChI is InChI=1S/C18H23NO5/c1-22-17(21)18(14-5-3-2-4-6-14)7-9-19(10-8-18)16(20)15-13-23-11-12-24-15/h2-6,15H,7-13H2,1H3/t15-/m0/s1. The average Bonchev–Trinajstić information content (AvgIpc) is 2.68. The van der Waals surface area contributed by atoms with Crippen LogP contribution in [0.15, 0.2) is 30.3 Å². The summed E-state index contributed by atoms with van der Waals surface area (Å²) in [5.74, 6) is -0.292. The third-order valence-corrected chi connectivity index (χ3v) is 4.92. The lowest BCUT2D eigenvalue weighted by Crippen LogP contribution is -2.53. The Morgan fingerprint density at radius 1 is 1.17 bits per heavy atom. The zero-order valence-electron chi connectivity index (χ0n) is 13.9. The highest BCUT2D eigenvalue weighted by Crippen LogP contribution is 2.37. The first-order valence-electron chi connectivity index (χ1n) is 8.29. The van der Waals surface area contributed by atoms with Gasteiger partial charge in [0.1, 0.15) is 0 Å². The molecule has 2 aliphatic rings. The summed E-state index contributed by atoms with van der Waals surface area (Å²) in [5.41, 5.74) is 0.262. The first-order chi connectivity index (χ1) is 11.7. The Labute approximate surface area is 141 Å². The number of carbonyl (C=O) groups is 2. The van der Waals surface area contributed by atoms with Gasteiger partial charge < -0.3 is 19.1 Å². The molecule has 2 fully saturated rings. The molecule has 0 aromatic heterocycles. The molecule has 1 aromatic carbocycles. The van der Waals surface area contributed by atoms with Crippen LogP contribution >= 0.6 is 0 Å². The van der Waals surface area contributed by atoms with Gasteiger partial charge in [0.05, 0.1) is 32.3 Å². The van der Waals surface area contributed by atoms with Crippen LogP contribution in [0.1, 0.15) is 18.4 Å². The number of amides is 1. The van der Waals surface area contributed by atoms with E-state index >= 15 is 0 Å². The number of methoxy groups -OCH3 is 1. The molecule has 1 amide bonds. The van der Waals surface area contributed by atoms with E-state index in [1.807, 2.05) is 30.3 Å². The molecule has 2 aliphatic heterocycles. The predicted octanol–water partition coefficient (Wildman–Crippen LogP) is 1.14. The number of carbonyl (C=O) groups excluding carboxylic acids is 2. The topological polar surface area (TPSA) is 65.1 Å². The summed E-state index contributed by atoms with van der Waals surface area (Å²) in [7, 11) is 1.41. The Hall–Kier alpha value is -1.92. The zero-order valence-corrected chi connectivity index (χ0v) is 13.9. The summed E-state index contributed by atoms with van der Waals surface area (Å²) in [5, 5.41) is 0. The van der Waals surface area contributed by atoms with Crippen LogP contribution in [0.25, 0.3) is 0 Å². The summed E-state index contributed by atoms with van der Waals surface area (Å²) < 4.78 is 15.9. The van der Waals surface area contributed by atoms with Crippen molar-refractivity contribution < 1.29 is 23.8 Å². The van der Waals surface area contributed by atoms with Crippen molar-refractivity contribution in [3.63, 3.8) is 0 Å². The second-order valence-electron chi connectivity index (χ2n) is 6.20. The van der Waals surface area contributed by atoms with Crippen molar-refractivity contribution in [1.29, 1.82) is 0 Å². The summed E-state index contributed by atoms with van der Waals surface area (Å²) in [6.45, 7) is 2.28. The minimum Gasteiger partial charge on any atom is -0.468 e. The highest BCUT2D eigenvalue weighted by atomic mass is 16.6. The molecular weight excluding hydrogens is 310 g/mol. The molecule has 6 nitrogen and oxygen atoms in total. The fraction of sp³-hybridized carbons (Fsp3) is 0.556. The molecule has 130 valence electrons. The smallest absolute Gasteiger partial charge is 0.316 e. The first-order valence-corrected chi connectivity index (χ1v) is 8.29. The van der Waals surface area contributed by atoms with Crippen molar-refractivity contribution in [3.05, 3.63) is 35.9 Å². The van der Waals surface area contributed by atoms with E-state index < -0.39 is 11.5 Å². The van der Waals surface area contributed by atoms with Crippen LogP contribution in [0.4, 0.5) is 0 Å². The lowest BCUT2D eigenvalue weighted by Gasteiger charge is -2.41. The first kappa shape index (κ1) is 16.9. The van der Waals surface area contributed by atoms with Crippen molar-refractivity contribution in [1.82, 2.24) is 4.90 Å². The molecule has 0 spiro atoms. The van der Waals surface area contributed by atoms with Gasteiger partial charge >= 0.3 is 5.97 Å². The van der Waals surface area contributed by atoms with Gasteiger partial charge in [0.15, 0.2) is 6.10 Å². The van der Waals surface area contributed by atoms with Gasteiger partial charge in [-0.1, -0.05) is 30.3 Å². The Morgan fingerprint density at radius 2 is 1.88 bits per heavy atom. The summed E-state index contributed by atoms with van der Waals surface area (Å²) in [6, 6.07) is 9.67. The second kappa shape index (κ2) is 7.32. The van der Waals surface area contributed by atoms with E-state index in [1.54, 1.807) is 4.90 Å². The molecule has 1 atom stereocenters. The van der Waals surface area contributed by atoms with Gasteiger partial charge in [0, 0.05) is 13.1 Å². The largest absolute Gasteiger partial charge is 0.468 e. The number of rotatable bonds is 3. The highest BCUT2D eigenvalue weighted by Gasteiger charge is 2.45. The van der Waals surface area contributed by atoms with Gasteiger partial charge in [-0.15, -0.1) is 0 Å². The van der Waals surface area contributed by atoms with Crippen LogP contribution in [0.3, 0.4) is 0 Å². The molecule has 0 saturated carbocycles. The molecule has 2 heterocycles. The van der Waals surface area contributed by atoms with Gasteiger partial charge in [0.2, 0.25) is 0 Å². The molecule has 1 aromatic rings. The molecule has 6 heteroatoms. The highest BCUT2D eigenvalue weighted by molar-refractivity contribution is 5.85. The van der Waals surface area contributed by atoms with Crippen LogP contribution in [0.2, 0.25) is 0 Å². The molecule has 24 heavy (non-hydrogen) atoms. The number of likely N-dealkylation sites (tertiary alicyclic amines) is 1. The third-order valence-electron chi connectivity index (χ3n) is 4.92. The normalized spacial score (nSPS) is 23.5. The van der Waals surface area contributed by atoms with E-state index in [2.05, 4.69) is 0 Å². The van der Waals surface area contributed by atoms with Gasteiger partial charge in [-0.3, -0.25) is 9.59 Å². The van der Waals surface area contributed by atoms with Crippen LogP contribution in [-0.4, -0.2) is 62.9 Å². The SMILES string of the molecule is COC(=O)C1(c2ccccc2)CCN(C(=O)[C@@H]2COCCO2)CC1. The molecule has 0 N–H and O–H groups in total. The van der Waals surface area contributed by atoms with Crippen molar-refractivity contribution in [2.75, 3.05) is 40.0 Å². The average molecular weight is 333 g/mol. The number of hydrogen-bond acceptors (Lipinski definition) is 5. The minimum absolute atomic E-state index is 0.0544. The molecule has 0 aliphatic carbocycles. The number of ether oxygens (including phenoxy) is 3. The van der Waals surface area contributed by atoms with Crippen LogP contribution in [-0.2, 0) is 29.2 Å². The molecule has 0 bridgehead atoms. The molecule has 0 unspecified atom stereocenters. The van der Waals surface area contributed by atoms with E-state index in [-0.39, 0.29) is 11.9 Å². The van der Waals surface area contributed by atoms with Crippen molar-refractivity contribution >= 4 is 11.9 Å². The number of nitrogens with zero attached hydrogens (tertiary/aromatic N) is 1. The predicted molar refractivity (Wildman–Crippen MR) is 86.5 cm³/mol. The minimum atomic E-state index is -0.684. The van der Waals surface area contributed by atoms with Gasteiger partial charge in [-0.05, 0) is 18.4 Å². The number of hydrogen-bond donors (Lipinski definition) is 0. The number of piperidine rings is 1. The Morgan fingerprint density at radius 3 is 2.46 bits per heavy atom. The maximum absolute atomic E-state index is 12.5. The molecule has 3 rings (SSSR count). The monoisotopic (exact) mass is 333 g/mol. The van der Waals surface area contributed by atoms with Gasteiger partial charge in [-0.25, -0.2) is 0 Å². The maximum Gasteiger partial charge on any atom is 0.316 e. The summed E-state index contributed by atoms with van der Waals surface area (Å²) >= 11 is 0. The summed E-state index contributed by atoms with van der Waals surface area (Å²) in [6.07, 6.45) is 0.563. The van der Waals surface area contributed by atoms with E-state index in [0.717, 1.165) is 5.56 Å². The van der Waals surface area contributed by atoms with Gasteiger partial charge in [-0.2, -0.15) is 0 Å². The number of benzene rings is 1. The lowest BCUT2D eigenvalue weighted by molar-refractivity contribution is -0.162. The maximum atomic E-state index is 12.5. The molecule has 0 radical (unpaired) electrons. The summed E-state index contributed by atoms with van der Waals surface area (Å²) in [4.78, 5) is 26.8. The van der Waals surface area contributed by atoms with Gasteiger partial charge in [0.25, 0.3) is 5.91 Å². The second-order valence-corrected chi connectivity index (χ2v) is 6.20. The lowest BCUT2D eigenvalue weighted by atomic mass is 9.72. The Kier molecular flexibility index (Phi) is 5.16. The molecule has 2 saturated heterocycles. The Bertz CT molecular complexity index is 574. The quantitative estimate of drug-likeness (QED) is 0.776. The molecular formula is C18H23NO5. The van der Waals surface area contributed by atoms with Crippen molar-refractivity contribution in [2.24, 2.45) is 0 Å². The zero-order chi connectivity index (χ0) is 17.0. The van der Waals surface area contributed by atoms with Crippen LogP contribution < -0.4 is 0 Å². The van der Waals surface area contributed by atoms with E-state index in [0.29, 0.717) is 45.8 Å². The fourth-order valence-corrected chi connectivity index (χ4v) is 3.51. The number of esters is 1. The van der Waals surface area contributed by atoms with Crippen LogP contribution in [0, 0.1) is 0 Å². The van der Waals surface area contributed by atoms with Crippen molar-refractivity contribution in [2.45, 2.75) is 24.4 Å². The van der Waals surface area contributed by atoms with Crippen LogP contribution in [0.5, 0.6) is 0 Å².